The van der Waals surface area contributed by atoms with Crippen LogP contribution >= 0.6 is 0 Å². The molecule has 1 atom stereocenters. The average molecular weight is 266 g/mol. The summed E-state index contributed by atoms with van der Waals surface area (Å²) in [7, 11) is 0. The van der Waals surface area contributed by atoms with Gasteiger partial charge in [0.05, 0.1) is 0 Å². The molecule has 0 amide bonds. The number of quaternary nitrogens is 1. The highest BCUT2D eigenvalue weighted by Gasteiger charge is 2.59. The lowest BCUT2D eigenvalue weighted by atomic mass is 9.28. The summed E-state index contributed by atoms with van der Waals surface area (Å²) < 4.78 is 6.04. The summed E-state index contributed by atoms with van der Waals surface area (Å²) >= 11 is 0. The molecule has 0 aromatic heterocycles. The van der Waals surface area contributed by atoms with E-state index >= 15 is 0 Å². The topological polar surface area (TPSA) is 68.9 Å². The number of unbranched alkanes of at least 4 members (excludes halogenated alkanes) is 1. The molecule has 5 heteroatoms. The smallest absolute Gasteiger partial charge is 0.389 e. The van der Waals surface area contributed by atoms with Crippen LogP contribution in [0.4, 0.5) is 0 Å². The van der Waals surface area contributed by atoms with E-state index < -0.39 is 6.48 Å². The van der Waals surface area contributed by atoms with Crippen LogP contribution in [0.1, 0.15) is 57.8 Å². The molecule has 0 aliphatic carbocycles. The van der Waals surface area contributed by atoms with Gasteiger partial charge in [-0.25, -0.2) is 0 Å². The Kier molecular flexibility index (Phi) is 3.85. The molecular weight excluding hydrogens is 239 g/mol. The Morgan fingerprint density at radius 3 is 2.37 bits per heavy atom. The standard InChI is InChI=1S/C14H27BN2O2/c16-10-2-1-9-13-14(18)19-15(17-13)11-5-3-6-12(15)8-4-7-11/h11-13H,1-10,16-17H2/t11-,12+,13-,15?/m0/s1. The van der Waals surface area contributed by atoms with Crippen molar-refractivity contribution >= 4 is 12.5 Å². The molecule has 0 aromatic rings. The van der Waals surface area contributed by atoms with Crippen LogP contribution in [0.3, 0.4) is 0 Å². The monoisotopic (exact) mass is 266 g/mol. The predicted molar refractivity (Wildman–Crippen MR) is 75.7 cm³/mol. The number of nitrogens with two attached hydrogens (primary N) is 2. The van der Waals surface area contributed by atoms with E-state index in [0.29, 0.717) is 11.6 Å². The summed E-state index contributed by atoms with van der Waals surface area (Å²) in [5.41, 5.74) is 5.54. The van der Waals surface area contributed by atoms with Gasteiger partial charge in [-0.1, -0.05) is 50.2 Å². The Morgan fingerprint density at radius 2 is 1.79 bits per heavy atom. The fourth-order valence-electron chi connectivity index (χ4n) is 5.00. The molecule has 3 aliphatic heterocycles. The van der Waals surface area contributed by atoms with Crippen molar-refractivity contribution in [3.63, 3.8) is 0 Å². The minimum Gasteiger partial charge on any atom is -0.634 e. The van der Waals surface area contributed by atoms with Crippen LogP contribution < -0.4 is 11.0 Å². The zero-order chi connectivity index (χ0) is 13.3. The van der Waals surface area contributed by atoms with Crippen LogP contribution in [0.2, 0.25) is 11.6 Å². The number of hydrogen-bond donors (Lipinski definition) is 2. The number of carbonyl (C=O) groups excluding carboxylic acids is 1. The predicted octanol–water partition coefficient (Wildman–Crippen LogP) is 1.15. The van der Waals surface area contributed by atoms with Crippen molar-refractivity contribution in [2.75, 3.05) is 6.54 Å². The van der Waals surface area contributed by atoms with Crippen molar-refractivity contribution in [3.8, 4) is 0 Å². The first kappa shape index (κ1) is 13.4. The second-order valence-electron chi connectivity index (χ2n) is 6.89. The van der Waals surface area contributed by atoms with E-state index in [1.165, 1.54) is 38.5 Å². The first-order valence-corrected chi connectivity index (χ1v) is 8.22. The maximum absolute atomic E-state index is 12.2. The van der Waals surface area contributed by atoms with Gasteiger partial charge in [-0.05, 0) is 19.4 Å². The van der Waals surface area contributed by atoms with E-state index in [1.807, 2.05) is 0 Å². The summed E-state index contributed by atoms with van der Waals surface area (Å²) in [5.74, 6) is 1.39. The molecule has 0 radical (unpaired) electrons. The molecule has 3 saturated heterocycles. The quantitative estimate of drug-likeness (QED) is 0.592. The van der Waals surface area contributed by atoms with Gasteiger partial charge in [-0.3, -0.25) is 4.79 Å². The minimum absolute atomic E-state index is 0.0627. The van der Waals surface area contributed by atoms with Crippen molar-refractivity contribution in [3.05, 3.63) is 0 Å². The first-order valence-electron chi connectivity index (χ1n) is 8.22. The number of hydrogen-bond acceptors (Lipinski definition) is 3. The second kappa shape index (κ2) is 5.45. The van der Waals surface area contributed by atoms with Gasteiger partial charge >= 0.3 is 12.5 Å². The molecular formula is C14H27BN2O2. The molecule has 3 aliphatic rings. The Bertz CT molecular complexity index is 328. The summed E-state index contributed by atoms with van der Waals surface area (Å²) in [6.07, 6.45) is 10.8. The highest BCUT2D eigenvalue weighted by Crippen LogP contribution is 2.51. The van der Waals surface area contributed by atoms with Gasteiger partial charge < -0.3 is 15.6 Å². The molecule has 3 rings (SSSR count). The maximum Gasteiger partial charge on any atom is 0.389 e. The zero-order valence-corrected chi connectivity index (χ0v) is 11.9. The van der Waals surface area contributed by atoms with Crippen molar-refractivity contribution in [2.24, 2.45) is 5.73 Å². The van der Waals surface area contributed by atoms with Gasteiger partial charge in [0.2, 0.25) is 0 Å². The van der Waals surface area contributed by atoms with Gasteiger partial charge in [0, 0.05) is 6.42 Å². The minimum atomic E-state index is -0.935. The van der Waals surface area contributed by atoms with E-state index in [4.69, 9.17) is 10.4 Å². The molecule has 0 unspecified atom stereocenters. The third-order valence-electron chi connectivity index (χ3n) is 5.90. The normalized spacial score (nSPS) is 41.5. The molecule has 2 bridgehead atoms. The third kappa shape index (κ3) is 2.31. The Labute approximate surface area is 115 Å². The van der Waals surface area contributed by atoms with Crippen LogP contribution in [0.25, 0.3) is 0 Å². The lowest BCUT2D eigenvalue weighted by molar-refractivity contribution is -0.560. The van der Waals surface area contributed by atoms with Crippen LogP contribution in [0.5, 0.6) is 0 Å². The second-order valence-corrected chi connectivity index (χ2v) is 6.89. The van der Waals surface area contributed by atoms with Crippen LogP contribution in [0.15, 0.2) is 0 Å². The van der Waals surface area contributed by atoms with Gasteiger partial charge in [-0.2, -0.15) is 0 Å². The Hall–Kier alpha value is -0.545. The third-order valence-corrected chi connectivity index (χ3v) is 5.90. The van der Waals surface area contributed by atoms with Crippen molar-refractivity contribution in [2.45, 2.75) is 75.5 Å². The molecule has 4 nitrogen and oxygen atoms in total. The summed E-state index contributed by atoms with van der Waals surface area (Å²) in [6.45, 7) is -0.209. The van der Waals surface area contributed by atoms with Gasteiger partial charge in [-0.15, -0.1) is 0 Å². The molecule has 1 spiro atoms. The fourth-order valence-corrected chi connectivity index (χ4v) is 5.00. The largest absolute Gasteiger partial charge is 0.634 e. The highest BCUT2D eigenvalue weighted by molar-refractivity contribution is 6.71. The molecule has 19 heavy (non-hydrogen) atoms. The Balaban J connectivity index is 1.70. The summed E-state index contributed by atoms with van der Waals surface area (Å²) in [4.78, 5) is 12.2. The van der Waals surface area contributed by atoms with E-state index in [-0.39, 0.29) is 12.0 Å². The van der Waals surface area contributed by atoms with E-state index in [1.54, 1.807) is 0 Å². The molecule has 108 valence electrons. The fraction of sp³-hybridized carbons (Fsp3) is 0.929. The Morgan fingerprint density at radius 1 is 1.16 bits per heavy atom. The van der Waals surface area contributed by atoms with Gasteiger partial charge in [0.15, 0.2) is 0 Å². The first-order chi connectivity index (χ1) is 9.26. The summed E-state index contributed by atoms with van der Waals surface area (Å²) in [6, 6.07) is 0.0627. The van der Waals surface area contributed by atoms with E-state index in [2.05, 4.69) is 5.23 Å². The number of rotatable bonds is 4. The molecule has 0 saturated carbocycles. The molecule has 4 N–H and O–H groups in total. The van der Waals surface area contributed by atoms with Gasteiger partial charge in [0.25, 0.3) is 0 Å². The lowest BCUT2D eigenvalue weighted by Crippen LogP contribution is -3.03. The van der Waals surface area contributed by atoms with Crippen molar-refractivity contribution < 1.29 is 14.7 Å². The summed E-state index contributed by atoms with van der Waals surface area (Å²) in [5, 5.41) is 2.37. The lowest BCUT2D eigenvalue weighted by Gasteiger charge is -2.50. The van der Waals surface area contributed by atoms with E-state index in [9.17, 15) is 4.79 Å². The molecule has 0 aromatic carbocycles. The molecule has 3 heterocycles. The zero-order valence-electron chi connectivity index (χ0n) is 11.9. The van der Waals surface area contributed by atoms with Crippen LogP contribution in [-0.2, 0) is 9.45 Å². The van der Waals surface area contributed by atoms with Crippen molar-refractivity contribution in [1.82, 2.24) is 0 Å². The number of carbonyl (C=O) groups is 1. The van der Waals surface area contributed by atoms with E-state index in [0.717, 1.165) is 25.8 Å². The van der Waals surface area contributed by atoms with Crippen LogP contribution in [0, 0.1) is 0 Å². The van der Waals surface area contributed by atoms with Crippen molar-refractivity contribution in [1.29, 1.82) is 0 Å². The highest BCUT2D eigenvalue weighted by atomic mass is 16.5. The van der Waals surface area contributed by atoms with Crippen LogP contribution in [-0.4, -0.2) is 25.0 Å². The molecule has 3 fully saturated rings. The average Bonchev–Trinajstić information content (AvgIpc) is 2.67. The van der Waals surface area contributed by atoms with Gasteiger partial charge in [0.1, 0.15) is 6.04 Å². The SMILES string of the molecule is NCCCC[C@@H]1[NH2+][B-]2(OC1=O)[C@H]1CCC[C@@H]2CCC1. The maximum atomic E-state index is 12.2.